The number of aliphatic carboxylic acids is 1. The predicted octanol–water partition coefficient (Wildman–Crippen LogP) is 2.88. The van der Waals surface area contributed by atoms with E-state index in [2.05, 4.69) is 5.32 Å². The summed E-state index contributed by atoms with van der Waals surface area (Å²) in [4.78, 5) is 37.3. The molecule has 3 aliphatic carbocycles. The van der Waals surface area contributed by atoms with Gasteiger partial charge in [-0.25, -0.2) is 0 Å². The molecular formula is C18H24N2O4S. The van der Waals surface area contributed by atoms with Crippen molar-refractivity contribution >= 4 is 34.1 Å². The minimum absolute atomic E-state index is 0.0767. The summed E-state index contributed by atoms with van der Waals surface area (Å²) >= 11 is 1.35. The molecule has 3 saturated carbocycles. The summed E-state index contributed by atoms with van der Waals surface area (Å²) in [6.07, 6.45) is 5.32. The SMILES string of the molecule is CCCc1cc(C(N)=O)c(NC(=O)[C@@H]2C3CCC(CC3)[C@@H]2C(=O)O)s1. The lowest BCUT2D eigenvalue weighted by atomic mass is 9.58. The van der Waals surface area contributed by atoms with Crippen LogP contribution in [0.15, 0.2) is 6.07 Å². The monoisotopic (exact) mass is 364 g/mol. The van der Waals surface area contributed by atoms with E-state index in [9.17, 15) is 19.5 Å². The van der Waals surface area contributed by atoms with Gasteiger partial charge in [0, 0.05) is 4.88 Å². The average molecular weight is 364 g/mol. The zero-order chi connectivity index (χ0) is 18.1. The molecule has 1 aromatic rings. The minimum atomic E-state index is -0.887. The topological polar surface area (TPSA) is 109 Å². The maximum atomic E-state index is 12.9. The third-order valence-corrected chi connectivity index (χ3v) is 6.70. The van der Waals surface area contributed by atoms with Crippen LogP contribution in [0.2, 0.25) is 0 Å². The first-order chi connectivity index (χ1) is 11.9. The molecule has 1 heterocycles. The fraction of sp³-hybridized carbons (Fsp3) is 0.611. The van der Waals surface area contributed by atoms with E-state index in [0.717, 1.165) is 43.4 Å². The van der Waals surface area contributed by atoms with Crippen LogP contribution >= 0.6 is 11.3 Å². The first kappa shape index (κ1) is 17.9. The van der Waals surface area contributed by atoms with E-state index in [1.807, 2.05) is 6.92 Å². The number of nitrogens with two attached hydrogens (primary N) is 1. The molecular weight excluding hydrogens is 340 g/mol. The third kappa shape index (κ3) is 3.42. The first-order valence-corrected chi connectivity index (χ1v) is 9.70. The van der Waals surface area contributed by atoms with Crippen LogP contribution in [0.1, 0.15) is 54.3 Å². The highest BCUT2D eigenvalue weighted by Gasteiger charge is 2.50. The van der Waals surface area contributed by atoms with Crippen LogP contribution < -0.4 is 11.1 Å². The number of primary amides is 1. The molecule has 6 nitrogen and oxygen atoms in total. The summed E-state index contributed by atoms with van der Waals surface area (Å²) in [5, 5.41) is 12.9. The molecule has 25 heavy (non-hydrogen) atoms. The van der Waals surface area contributed by atoms with Gasteiger partial charge < -0.3 is 16.2 Å². The summed E-state index contributed by atoms with van der Waals surface area (Å²) in [5.74, 6) is -2.71. The zero-order valence-electron chi connectivity index (χ0n) is 14.3. The summed E-state index contributed by atoms with van der Waals surface area (Å²) in [6, 6.07) is 1.73. The molecule has 3 aliphatic rings. The van der Waals surface area contributed by atoms with Gasteiger partial charge in [-0.1, -0.05) is 13.3 Å². The van der Waals surface area contributed by atoms with Crippen molar-refractivity contribution in [3.05, 3.63) is 16.5 Å². The van der Waals surface area contributed by atoms with Gasteiger partial charge in [-0.15, -0.1) is 11.3 Å². The van der Waals surface area contributed by atoms with Crippen molar-refractivity contribution in [2.45, 2.75) is 45.4 Å². The van der Waals surface area contributed by atoms with Crippen LogP contribution in [0.25, 0.3) is 0 Å². The first-order valence-electron chi connectivity index (χ1n) is 8.88. The number of hydrogen-bond donors (Lipinski definition) is 3. The maximum absolute atomic E-state index is 12.9. The van der Waals surface area contributed by atoms with Crippen LogP contribution in [0, 0.1) is 23.7 Å². The normalized spacial score (nSPS) is 27.9. The average Bonchev–Trinajstić information content (AvgIpc) is 2.98. The van der Waals surface area contributed by atoms with Gasteiger partial charge in [0.15, 0.2) is 0 Å². The van der Waals surface area contributed by atoms with Crippen molar-refractivity contribution in [1.29, 1.82) is 0 Å². The van der Waals surface area contributed by atoms with Crippen molar-refractivity contribution in [2.75, 3.05) is 5.32 Å². The number of thiophene rings is 1. The molecule has 2 atom stereocenters. The second-order valence-corrected chi connectivity index (χ2v) is 8.26. The molecule has 0 saturated heterocycles. The number of anilines is 1. The van der Waals surface area contributed by atoms with Crippen molar-refractivity contribution in [1.82, 2.24) is 0 Å². The lowest BCUT2D eigenvalue weighted by Gasteiger charge is -2.45. The standard InChI is InChI=1S/C18H24N2O4S/c1-2-3-11-8-12(15(19)21)17(25-11)20-16(22)13-9-4-6-10(7-5-9)14(13)18(23)24/h8-10,13-14H,2-7H2,1H3,(H2,19,21)(H,20,22)(H,23,24)/t9?,10?,13-,14+/m1/s1. The Morgan fingerprint density at radius 1 is 1.20 bits per heavy atom. The highest BCUT2D eigenvalue weighted by Crippen LogP contribution is 2.49. The molecule has 0 radical (unpaired) electrons. The van der Waals surface area contributed by atoms with Gasteiger partial charge in [0.25, 0.3) is 5.91 Å². The van der Waals surface area contributed by atoms with Crippen LogP contribution in [0.4, 0.5) is 5.00 Å². The second-order valence-electron chi connectivity index (χ2n) is 7.12. The van der Waals surface area contributed by atoms with E-state index in [4.69, 9.17) is 5.73 Å². The Balaban J connectivity index is 1.84. The van der Waals surface area contributed by atoms with Crippen LogP contribution in [-0.4, -0.2) is 22.9 Å². The molecule has 2 bridgehead atoms. The third-order valence-electron chi connectivity index (χ3n) is 5.59. The van der Waals surface area contributed by atoms with Gasteiger partial charge >= 0.3 is 5.97 Å². The fourth-order valence-corrected chi connectivity index (χ4v) is 5.63. The molecule has 0 spiro atoms. The van der Waals surface area contributed by atoms with Crippen LogP contribution in [-0.2, 0) is 16.0 Å². The smallest absolute Gasteiger partial charge is 0.307 e. The number of carbonyl (C=O) groups excluding carboxylic acids is 2. The minimum Gasteiger partial charge on any atom is -0.481 e. The number of hydrogen-bond acceptors (Lipinski definition) is 4. The van der Waals surface area contributed by atoms with Crippen molar-refractivity contribution < 1.29 is 19.5 Å². The van der Waals surface area contributed by atoms with Gasteiger partial charge in [-0.3, -0.25) is 14.4 Å². The summed E-state index contributed by atoms with van der Waals surface area (Å²) < 4.78 is 0. The van der Waals surface area contributed by atoms with Gasteiger partial charge in [0.1, 0.15) is 5.00 Å². The Kier molecular flexibility index (Phi) is 5.13. The molecule has 0 unspecified atom stereocenters. The van der Waals surface area contributed by atoms with Gasteiger partial charge in [0.05, 0.1) is 17.4 Å². The second kappa shape index (κ2) is 7.15. The molecule has 4 N–H and O–H groups in total. The molecule has 7 heteroatoms. The van der Waals surface area contributed by atoms with Crippen LogP contribution in [0.5, 0.6) is 0 Å². The molecule has 1 aromatic heterocycles. The molecule has 136 valence electrons. The highest BCUT2D eigenvalue weighted by molar-refractivity contribution is 7.16. The lowest BCUT2D eigenvalue weighted by Crippen LogP contribution is -2.49. The Hall–Kier alpha value is -1.89. The molecule has 3 fully saturated rings. The number of amides is 2. The highest BCUT2D eigenvalue weighted by atomic mass is 32.1. The van der Waals surface area contributed by atoms with Crippen molar-refractivity contribution in [3.63, 3.8) is 0 Å². The number of rotatable bonds is 6. The Morgan fingerprint density at radius 3 is 2.32 bits per heavy atom. The molecule has 0 aromatic carbocycles. The van der Waals surface area contributed by atoms with Crippen molar-refractivity contribution in [3.8, 4) is 0 Å². The number of carboxylic acids is 1. The largest absolute Gasteiger partial charge is 0.481 e. The van der Waals surface area contributed by atoms with Crippen molar-refractivity contribution in [2.24, 2.45) is 29.4 Å². The predicted molar refractivity (Wildman–Crippen MR) is 95.5 cm³/mol. The molecule has 4 rings (SSSR count). The van der Waals surface area contributed by atoms with E-state index in [-0.39, 0.29) is 17.7 Å². The van der Waals surface area contributed by atoms with Crippen LogP contribution in [0.3, 0.4) is 0 Å². The Labute approximate surface area is 150 Å². The van der Waals surface area contributed by atoms with Gasteiger partial charge in [-0.05, 0) is 50.0 Å². The number of carbonyl (C=O) groups is 3. The summed E-state index contributed by atoms with van der Waals surface area (Å²) in [7, 11) is 0. The van der Waals surface area contributed by atoms with E-state index in [1.54, 1.807) is 6.07 Å². The van der Waals surface area contributed by atoms with E-state index in [0.29, 0.717) is 10.6 Å². The van der Waals surface area contributed by atoms with Gasteiger partial charge in [0.2, 0.25) is 5.91 Å². The zero-order valence-corrected chi connectivity index (χ0v) is 15.1. The number of aryl methyl sites for hydroxylation is 1. The number of nitrogens with one attached hydrogen (secondary N) is 1. The maximum Gasteiger partial charge on any atom is 0.307 e. The molecule has 0 aliphatic heterocycles. The lowest BCUT2D eigenvalue weighted by molar-refractivity contribution is -0.156. The summed E-state index contributed by atoms with van der Waals surface area (Å²) in [5.41, 5.74) is 5.75. The van der Waals surface area contributed by atoms with E-state index >= 15 is 0 Å². The van der Waals surface area contributed by atoms with E-state index in [1.165, 1.54) is 11.3 Å². The fourth-order valence-electron chi connectivity index (χ4n) is 4.46. The molecule has 2 amide bonds. The van der Waals surface area contributed by atoms with Gasteiger partial charge in [-0.2, -0.15) is 0 Å². The number of carboxylic acid groups (broad SMARTS) is 1. The van der Waals surface area contributed by atoms with E-state index < -0.39 is 23.7 Å². The Bertz CT molecular complexity index is 691. The quantitative estimate of drug-likeness (QED) is 0.721. The summed E-state index contributed by atoms with van der Waals surface area (Å²) in [6.45, 7) is 2.04. The Morgan fingerprint density at radius 2 is 1.80 bits per heavy atom. The number of fused-ring (bicyclic) bond motifs is 3.